The van der Waals surface area contributed by atoms with E-state index in [-0.39, 0.29) is 47.6 Å². The van der Waals surface area contributed by atoms with Crippen molar-refractivity contribution in [1.82, 2.24) is 20.4 Å². The van der Waals surface area contributed by atoms with E-state index in [9.17, 15) is 9.18 Å². The molecule has 1 unspecified atom stereocenters. The number of hydrogen-bond donors (Lipinski definition) is 2. The van der Waals surface area contributed by atoms with E-state index in [2.05, 4.69) is 20.5 Å². The number of nitrogens with one attached hydrogen (secondary N) is 2. The molecule has 0 radical (unpaired) electrons. The molecule has 2 N–H and O–H groups in total. The van der Waals surface area contributed by atoms with Gasteiger partial charge in [0.1, 0.15) is 6.10 Å². The summed E-state index contributed by atoms with van der Waals surface area (Å²) >= 11 is 0. The molecule has 1 amide bonds. The Balaban J connectivity index is 0.00000450. The summed E-state index contributed by atoms with van der Waals surface area (Å²) in [6.45, 7) is 7.29. The van der Waals surface area contributed by atoms with Crippen molar-refractivity contribution in [3.8, 4) is 5.75 Å². The Hall–Kier alpha value is -1.62. The number of ether oxygens (including phenoxy) is 1. The number of carbonyl (C=O) groups excluding carboxylic acids is 1. The second kappa shape index (κ2) is 13.6. The number of hydrogen-bond acceptors (Lipinski definition) is 4. The van der Waals surface area contributed by atoms with Gasteiger partial charge in [0.05, 0.1) is 13.1 Å². The van der Waals surface area contributed by atoms with E-state index < -0.39 is 0 Å². The summed E-state index contributed by atoms with van der Waals surface area (Å²) in [5.41, 5.74) is 0. The van der Waals surface area contributed by atoms with Gasteiger partial charge in [-0.1, -0.05) is 12.1 Å². The second-order valence-electron chi connectivity index (χ2n) is 7.56. The Kier molecular flexibility index (Phi) is 12.0. The Bertz CT molecular complexity index is 681. The Morgan fingerprint density at radius 2 is 2.00 bits per heavy atom. The molecule has 7 nitrogen and oxygen atoms in total. The van der Waals surface area contributed by atoms with E-state index in [1.54, 1.807) is 37.2 Å². The van der Waals surface area contributed by atoms with Crippen molar-refractivity contribution in [2.24, 2.45) is 4.99 Å². The minimum absolute atomic E-state index is 0. The predicted octanol–water partition coefficient (Wildman–Crippen LogP) is 2.32. The Morgan fingerprint density at radius 1 is 1.33 bits per heavy atom. The zero-order valence-corrected chi connectivity index (χ0v) is 20.7. The molecule has 9 heteroatoms. The van der Waals surface area contributed by atoms with E-state index in [0.29, 0.717) is 19.1 Å². The van der Waals surface area contributed by atoms with Crippen LogP contribution in [0.1, 0.15) is 26.7 Å². The topological polar surface area (TPSA) is 69.2 Å². The van der Waals surface area contributed by atoms with Crippen molar-refractivity contribution >= 4 is 35.8 Å². The molecule has 1 saturated heterocycles. The molecule has 30 heavy (non-hydrogen) atoms. The van der Waals surface area contributed by atoms with Crippen LogP contribution in [0.4, 0.5) is 4.39 Å². The number of likely N-dealkylation sites (N-methyl/N-ethyl adjacent to an activating group) is 1. The van der Waals surface area contributed by atoms with Gasteiger partial charge in [-0.3, -0.25) is 9.69 Å². The molecule has 0 aliphatic carbocycles. The number of carbonyl (C=O) groups is 1. The third kappa shape index (κ3) is 9.03. The van der Waals surface area contributed by atoms with Crippen molar-refractivity contribution in [3.05, 3.63) is 30.1 Å². The van der Waals surface area contributed by atoms with Gasteiger partial charge < -0.3 is 20.3 Å². The molecule has 0 spiro atoms. The highest BCUT2D eigenvalue weighted by molar-refractivity contribution is 14.0. The van der Waals surface area contributed by atoms with Crippen molar-refractivity contribution < 1.29 is 13.9 Å². The smallest absolute Gasteiger partial charge is 0.236 e. The molecular formula is C21H35FIN5O2. The first-order valence-electron chi connectivity index (χ1n) is 10.3. The maximum Gasteiger partial charge on any atom is 0.236 e. The standard InChI is InChI=1S/C21H34FN5O2.HI/c1-5-23-21(24-14-16(2)29-19-9-7-6-8-18(19)22)25-17-10-12-27(13-11-17)15-20(28)26(3)4;/h6-9,16-17H,5,10-15H2,1-4H3,(H2,23,24,25);1H. The molecule has 0 aromatic heterocycles. The molecule has 2 rings (SSSR count). The molecule has 1 aliphatic heterocycles. The van der Waals surface area contributed by atoms with Crippen molar-refractivity contribution in [1.29, 1.82) is 0 Å². The lowest BCUT2D eigenvalue weighted by atomic mass is 10.1. The van der Waals surface area contributed by atoms with Gasteiger partial charge in [0.25, 0.3) is 0 Å². The number of likely N-dealkylation sites (tertiary alicyclic amines) is 1. The summed E-state index contributed by atoms with van der Waals surface area (Å²) in [7, 11) is 3.57. The average molecular weight is 535 g/mol. The molecule has 1 fully saturated rings. The summed E-state index contributed by atoms with van der Waals surface area (Å²) < 4.78 is 19.4. The first-order chi connectivity index (χ1) is 13.9. The quantitative estimate of drug-likeness (QED) is 0.304. The van der Waals surface area contributed by atoms with Gasteiger partial charge in [-0.05, 0) is 38.8 Å². The number of amides is 1. The highest BCUT2D eigenvalue weighted by Crippen LogP contribution is 2.17. The molecule has 0 bridgehead atoms. The first kappa shape index (κ1) is 26.4. The average Bonchev–Trinajstić information content (AvgIpc) is 2.69. The number of benzene rings is 1. The van der Waals surface area contributed by atoms with Crippen LogP contribution in [-0.2, 0) is 4.79 Å². The van der Waals surface area contributed by atoms with Gasteiger partial charge >= 0.3 is 0 Å². The largest absolute Gasteiger partial charge is 0.486 e. The summed E-state index contributed by atoms with van der Waals surface area (Å²) in [6.07, 6.45) is 1.65. The molecule has 1 atom stereocenters. The zero-order chi connectivity index (χ0) is 21.2. The van der Waals surface area contributed by atoms with Gasteiger partial charge in [0.15, 0.2) is 17.5 Å². The zero-order valence-electron chi connectivity index (χ0n) is 18.4. The lowest BCUT2D eigenvalue weighted by Crippen LogP contribution is -2.50. The number of aliphatic imine (C=N–C) groups is 1. The van der Waals surface area contributed by atoms with Crippen LogP contribution in [0.3, 0.4) is 0 Å². The van der Waals surface area contributed by atoms with Crippen LogP contribution in [0.25, 0.3) is 0 Å². The predicted molar refractivity (Wildman–Crippen MR) is 129 cm³/mol. The maximum absolute atomic E-state index is 13.7. The van der Waals surface area contributed by atoms with E-state index in [1.807, 2.05) is 13.8 Å². The normalized spacial score (nSPS) is 16.4. The summed E-state index contributed by atoms with van der Waals surface area (Å²) in [6, 6.07) is 6.70. The minimum atomic E-state index is -0.368. The summed E-state index contributed by atoms with van der Waals surface area (Å²) in [5, 5.41) is 6.73. The molecular weight excluding hydrogens is 500 g/mol. The number of rotatable bonds is 8. The van der Waals surface area contributed by atoms with E-state index >= 15 is 0 Å². The molecule has 1 aromatic carbocycles. The van der Waals surface area contributed by atoms with Gasteiger partial charge in [-0.15, -0.1) is 24.0 Å². The van der Waals surface area contributed by atoms with Crippen LogP contribution in [0.5, 0.6) is 5.75 Å². The summed E-state index contributed by atoms with van der Waals surface area (Å²) in [5.74, 6) is 0.745. The van der Waals surface area contributed by atoms with Crippen LogP contribution < -0.4 is 15.4 Å². The Labute approximate surface area is 196 Å². The van der Waals surface area contributed by atoms with E-state index in [4.69, 9.17) is 4.74 Å². The van der Waals surface area contributed by atoms with Gasteiger partial charge in [0, 0.05) is 39.8 Å². The van der Waals surface area contributed by atoms with Crippen molar-refractivity contribution in [2.45, 2.75) is 38.8 Å². The van der Waals surface area contributed by atoms with Crippen LogP contribution >= 0.6 is 24.0 Å². The lowest BCUT2D eigenvalue weighted by Gasteiger charge is -2.33. The van der Waals surface area contributed by atoms with Crippen LogP contribution in [0, 0.1) is 5.82 Å². The highest BCUT2D eigenvalue weighted by atomic mass is 127. The molecule has 1 heterocycles. The third-order valence-corrected chi connectivity index (χ3v) is 4.80. The van der Waals surface area contributed by atoms with E-state index in [0.717, 1.165) is 38.4 Å². The van der Waals surface area contributed by atoms with Gasteiger partial charge in [-0.2, -0.15) is 0 Å². The number of nitrogens with zero attached hydrogens (tertiary/aromatic N) is 3. The maximum atomic E-state index is 13.7. The lowest BCUT2D eigenvalue weighted by molar-refractivity contribution is -0.130. The van der Waals surface area contributed by atoms with Crippen LogP contribution in [0.2, 0.25) is 0 Å². The molecule has 1 aromatic rings. The van der Waals surface area contributed by atoms with Crippen LogP contribution in [-0.4, -0.2) is 80.6 Å². The number of para-hydroxylation sites is 1. The van der Waals surface area contributed by atoms with Crippen molar-refractivity contribution in [3.63, 3.8) is 0 Å². The molecule has 170 valence electrons. The van der Waals surface area contributed by atoms with Gasteiger partial charge in [-0.25, -0.2) is 9.38 Å². The summed E-state index contributed by atoms with van der Waals surface area (Å²) in [4.78, 5) is 20.3. The Morgan fingerprint density at radius 3 is 2.60 bits per heavy atom. The van der Waals surface area contributed by atoms with Gasteiger partial charge in [0.2, 0.25) is 5.91 Å². The fraction of sp³-hybridized carbons (Fsp3) is 0.619. The first-order valence-corrected chi connectivity index (χ1v) is 10.3. The second-order valence-corrected chi connectivity index (χ2v) is 7.56. The SMILES string of the molecule is CCNC(=NCC(C)Oc1ccccc1F)NC1CCN(CC(=O)N(C)C)CC1.I. The number of piperidine rings is 1. The van der Waals surface area contributed by atoms with E-state index in [1.165, 1.54) is 6.07 Å². The fourth-order valence-electron chi connectivity index (χ4n) is 3.10. The minimum Gasteiger partial charge on any atom is -0.486 e. The highest BCUT2D eigenvalue weighted by Gasteiger charge is 2.22. The third-order valence-electron chi connectivity index (χ3n) is 4.80. The monoisotopic (exact) mass is 535 g/mol. The molecule has 0 saturated carbocycles. The molecule has 1 aliphatic rings. The van der Waals surface area contributed by atoms with Crippen molar-refractivity contribution in [2.75, 3.05) is 46.8 Å². The fourth-order valence-corrected chi connectivity index (χ4v) is 3.10. The number of halogens is 2. The number of guanidine groups is 1. The van der Waals surface area contributed by atoms with Crippen LogP contribution in [0.15, 0.2) is 29.3 Å².